The van der Waals surface area contributed by atoms with E-state index in [0.717, 1.165) is 36.4 Å². The van der Waals surface area contributed by atoms with Crippen LogP contribution in [0.15, 0.2) is 18.2 Å². The number of rotatable bonds is 4. The molecule has 4 heteroatoms. The number of aromatic nitrogens is 1. The molecule has 112 valence electrons. The molecule has 2 aromatic rings. The standard InChI is InChI=1S/C17H21FN2S/c1-3-9-19-14-5-4-6-15-16(14)20-17(21-15)12-8-7-11(2)13(18)10-12/h7-8,10,14,19H,3-6,9H2,1-2H3. The van der Waals surface area contributed by atoms with Crippen LogP contribution in [-0.4, -0.2) is 11.5 Å². The molecule has 2 nitrogen and oxygen atoms in total. The minimum Gasteiger partial charge on any atom is -0.309 e. The molecule has 0 saturated heterocycles. The number of fused-ring (bicyclic) bond motifs is 1. The van der Waals surface area contributed by atoms with Crippen LogP contribution in [0.1, 0.15) is 48.4 Å². The van der Waals surface area contributed by atoms with Gasteiger partial charge in [0.1, 0.15) is 10.8 Å². The second kappa shape index (κ2) is 6.24. The molecule has 1 atom stereocenters. The third-order valence-electron chi connectivity index (χ3n) is 4.01. The fourth-order valence-electron chi connectivity index (χ4n) is 2.79. The lowest BCUT2D eigenvalue weighted by atomic mass is 9.97. The number of benzene rings is 1. The summed E-state index contributed by atoms with van der Waals surface area (Å²) < 4.78 is 13.8. The van der Waals surface area contributed by atoms with Crippen LogP contribution in [0.2, 0.25) is 0 Å². The minimum atomic E-state index is -0.152. The topological polar surface area (TPSA) is 24.9 Å². The maximum absolute atomic E-state index is 13.8. The summed E-state index contributed by atoms with van der Waals surface area (Å²) in [6, 6.07) is 5.78. The molecule has 0 bridgehead atoms. The van der Waals surface area contributed by atoms with Gasteiger partial charge in [0.05, 0.1) is 11.7 Å². The van der Waals surface area contributed by atoms with Crippen molar-refractivity contribution in [1.82, 2.24) is 10.3 Å². The van der Waals surface area contributed by atoms with E-state index in [2.05, 4.69) is 12.2 Å². The molecule has 1 aliphatic carbocycles. The summed E-state index contributed by atoms with van der Waals surface area (Å²) in [7, 11) is 0. The molecule has 0 fully saturated rings. The molecule has 3 rings (SSSR count). The first-order valence-corrected chi connectivity index (χ1v) is 8.50. The van der Waals surface area contributed by atoms with Crippen molar-refractivity contribution in [2.45, 2.75) is 45.6 Å². The van der Waals surface area contributed by atoms with Crippen LogP contribution < -0.4 is 5.32 Å². The van der Waals surface area contributed by atoms with Gasteiger partial charge in [0, 0.05) is 10.4 Å². The molecular weight excluding hydrogens is 283 g/mol. The van der Waals surface area contributed by atoms with Gasteiger partial charge in [-0.1, -0.05) is 19.1 Å². The largest absolute Gasteiger partial charge is 0.309 e. The predicted molar refractivity (Wildman–Crippen MR) is 86.2 cm³/mol. The zero-order valence-corrected chi connectivity index (χ0v) is 13.4. The average Bonchev–Trinajstić information content (AvgIpc) is 2.92. The van der Waals surface area contributed by atoms with E-state index >= 15 is 0 Å². The number of thiazole rings is 1. The Labute approximate surface area is 129 Å². The third kappa shape index (κ3) is 3.01. The van der Waals surface area contributed by atoms with Gasteiger partial charge in [-0.15, -0.1) is 11.3 Å². The smallest absolute Gasteiger partial charge is 0.126 e. The van der Waals surface area contributed by atoms with Crippen molar-refractivity contribution in [1.29, 1.82) is 0 Å². The Morgan fingerprint density at radius 1 is 1.43 bits per heavy atom. The Balaban J connectivity index is 1.91. The highest BCUT2D eigenvalue weighted by molar-refractivity contribution is 7.15. The lowest BCUT2D eigenvalue weighted by Gasteiger charge is -2.22. The summed E-state index contributed by atoms with van der Waals surface area (Å²) in [6.07, 6.45) is 4.59. The second-order valence-electron chi connectivity index (χ2n) is 5.69. The maximum atomic E-state index is 13.8. The van der Waals surface area contributed by atoms with Crippen LogP contribution in [0.4, 0.5) is 4.39 Å². The number of aryl methyl sites for hydroxylation is 2. The molecule has 1 aromatic heterocycles. The van der Waals surface area contributed by atoms with Gasteiger partial charge in [0.2, 0.25) is 0 Å². The molecule has 1 heterocycles. The van der Waals surface area contributed by atoms with Crippen molar-refractivity contribution < 1.29 is 4.39 Å². The molecule has 0 radical (unpaired) electrons. The highest BCUT2D eigenvalue weighted by atomic mass is 32.1. The lowest BCUT2D eigenvalue weighted by molar-refractivity contribution is 0.454. The van der Waals surface area contributed by atoms with Crippen LogP contribution in [0.25, 0.3) is 10.6 Å². The SMILES string of the molecule is CCCNC1CCCc2sc(-c3ccc(C)c(F)c3)nc21. The molecule has 0 saturated carbocycles. The van der Waals surface area contributed by atoms with Crippen molar-refractivity contribution >= 4 is 11.3 Å². The average molecular weight is 304 g/mol. The van der Waals surface area contributed by atoms with Gasteiger partial charge in [0.15, 0.2) is 0 Å². The molecule has 0 spiro atoms. The third-order valence-corrected chi connectivity index (χ3v) is 5.19. The fourth-order valence-corrected chi connectivity index (χ4v) is 3.95. The fraction of sp³-hybridized carbons (Fsp3) is 0.471. The minimum absolute atomic E-state index is 0.152. The maximum Gasteiger partial charge on any atom is 0.126 e. The van der Waals surface area contributed by atoms with Gasteiger partial charge in [-0.3, -0.25) is 0 Å². The van der Waals surface area contributed by atoms with E-state index in [4.69, 9.17) is 4.98 Å². The molecular formula is C17H21FN2S. The first kappa shape index (κ1) is 14.7. The zero-order valence-electron chi connectivity index (χ0n) is 12.6. The van der Waals surface area contributed by atoms with E-state index < -0.39 is 0 Å². The van der Waals surface area contributed by atoms with Crippen LogP contribution in [0.5, 0.6) is 0 Å². The van der Waals surface area contributed by atoms with Crippen molar-refractivity contribution in [2.75, 3.05) is 6.54 Å². The quantitative estimate of drug-likeness (QED) is 0.890. The van der Waals surface area contributed by atoms with E-state index in [0.29, 0.717) is 11.6 Å². The number of hydrogen-bond acceptors (Lipinski definition) is 3. The Morgan fingerprint density at radius 3 is 3.05 bits per heavy atom. The van der Waals surface area contributed by atoms with Crippen molar-refractivity contribution in [3.8, 4) is 10.6 Å². The Kier molecular flexibility index (Phi) is 4.36. The van der Waals surface area contributed by atoms with Crippen molar-refractivity contribution in [3.63, 3.8) is 0 Å². The second-order valence-corrected chi connectivity index (χ2v) is 6.77. The normalized spacial score (nSPS) is 17.8. The summed E-state index contributed by atoms with van der Waals surface area (Å²) in [4.78, 5) is 6.18. The first-order valence-electron chi connectivity index (χ1n) is 7.68. The van der Waals surface area contributed by atoms with E-state index in [1.807, 2.05) is 12.1 Å². The Hall–Kier alpha value is -1.26. The summed E-state index contributed by atoms with van der Waals surface area (Å²) in [5.74, 6) is -0.152. The van der Waals surface area contributed by atoms with Crippen LogP contribution >= 0.6 is 11.3 Å². The molecule has 1 aromatic carbocycles. The Bertz CT molecular complexity index is 636. The van der Waals surface area contributed by atoms with Crippen molar-refractivity contribution in [2.24, 2.45) is 0 Å². The van der Waals surface area contributed by atoms with Gasteiger partial charge in [-0.25, -0.2) is 9.37 Å². The highest BCUT2D eigenvalue weighted by Gasteiger charge is 2.24. The molecule has 0 amide bonds. The van der Waals surface area contributed by atoms with Gasteiger partial charge in [-0.05, 0) is 50.8 Å². The van der Waals surface area contributed by atoms with Gasteiger partial charge in [0.25, 0.3) is 0 Å². The predicted octanol–water partition coefficient (Wildman–Crippen LogP) is 4.63. The molecule has 21 heavy (non-hydrogen) atoms. The highest BCUT2D eigenvalue weighted by Crippen LogP contribution is 2.37. The molecule has 1 N–H and O–H groups in total. The molecule has 1 unspecified atom stereocenters. The first-order chi connectivity index (χ1) is 10.2. The van der Waals surface area contributed by atoms with Crippen LogP contribution in [0, 0.1) is 12.7 Å². The van der Waals surface area contributed by atoms with Crippen molar-refractivity contribution in [3.05, 3.63) is 40.2 Å². The molecule has 0 aliphatic heterocycles. The van der Waals surface area contributed by atoms with E-state index in [1.54, 1.807) is 24.3 Å². The molecule has 1 aliphatic rings. The monoisotopic (exact) mass is 304 g/mol. The van der Waals surface area contributed by atoms with Gasteiger partial charge < -0.3 is 5.32 Å². The summed E-state index contributed by atoms with van der Waals surface area (Å²) in [5.41, 5.74) is 2.77. The zero-order chi connectivity index (χ0) is 14.8. The summed E-state index contributed by atoms with van der Waals surface area (Å²) in [5, 5.41) is 4.53. The van der Waals surface area contributed by atoms with E-state index in [1.165, 1.54) is 17.0 Å². The number of hydrogen-bond donors (Lipinski definition) is 1. The van der Waals surface area contributed by atoms with E-state index in [9.17, 15) is 4.39 Å². The Morgan fingerprint density at radius 2 is 2.29 bits per heavy atom. The number of nitrogens with one attached hydrogen (secondary N) is 1. The van der Waals surface area contributed by atoms with Gasteiger partial charge in [-0.2, -0.15) is 0 Å². The summed E-state index contributed by atoms with van der Waals surface area (Å²) >= 11 is 1.72. The lowest BCUT2D eigenvalue weighted by Crippen LogP contribution is -2.25. The van der Waals surface area contributed by atoms with Gasteiger partial charge >= 0.3 is 0 Å². The number of nitrogens with zero attached hydrogens (tertiary/aromatic N) is 1. The van der Waals surface area contributed by atoms with Crippen LogP contribution in [-0.2, 0) is 6.42 Å². The summed E-state index contributed by atoms with van der Waals surface area (Å²) in [6.45, 7) is 4.99. The van der Waals surface area contributed by atoms with E-state index in [-0.39, 0.29) is 5.82 Å². The number of halogens is 1. The van der Waals surface area contributed by atoms with Crippen LogP contribution in [0.3, 0.4) is 0 Å².